The van der Waals surface area contributed by atoms with Crippen molar-refractivity contribution in [2.24, 2.45) is 11.5 Å². The Hall–Kier alpha value is -0.440. The Bertz CT molecular complexity index is 290. The Labute approximate surface area is 154 Å². The number of nitrogens with one attached hydrogen (secondary N) is 2. The Morgan fingerprint density at radius 3 is 1.46 bits per heavy atom. The molecule has 8 heteroatoms. The van der Waals surface area contributed by atoms with E-state index in [0.29, 0.717) is 25.9 Å². The van der Waals surface area contributed by atoms with E-state index in [4.69, 9.17) is 11.5 Å². The maximum absolute atomic E-state index is 11.2. The van der Waals surface area contributed by atoms with Crippen LogP contribution in [0, 0.1) is 0 Å². The van der Waals surface area contributed by atoms with Crippen molar-refractivity contribution in [1.82, 2.24) is 10.6 Å². The van der Waals surface area contributed by atoms with Crippen molar-refractivity contribution < 1.29 is 9.59 Å². The molecule has 6 nitrogen and oxygen atoms in total. The lowest BCUT2D eigenvalue weighted by molar-refractivity contribution is -0.121. The SMILES string of the molecule is NCCC(=O)NCCCCCSSCCCCCNC(=O)CCN. The van der Waals surface area contributed by atoms with Crippen LogP contribution < -0.4 is 22.1 Å². The van der Waals surface area contributed by atoms with Crippen molar-refractivity contribution in [3.8, 4) is 0 Å². The molecule has 0 aliphatic carbocycles. The predicted octanol–water partition coefficient (Wildman–Crippen LogP) is 1.64. The van der Waals surface area contributed by atoms with Gasteiger partial charge in [0.25, 0.3) is 0 Å². The first-order chi connectivity index (χ1) is 11.7. The molecule has 2 amide bonds. The molecule has 0 aromatic carbocycles. The fraction of sp³-hybridized carbons (Fsp3) is 0.875. The normalized spacial score (nSPS) is 10.6. The van der Waals surface area contributed by atoms with Gasteiger partial charge >= 0.3 is 0 Å². The van der Waals surface area contributed by atoms with Gasteiger partial charge < -0.3 is 22.1 Å². The molecule has 0 fully saturated rings. The second-order valence-corrected chi connectivity index (χ2v) is 8.24. The maximum Gasteiger partial charge on any atom is 0.221 e. The number of carbonyl (C=O) groups is 2. The second kappa shape index (κ2) is 18.9. The summed E-state index contributed by atoms with van der Waals surface area (Å²) < 4.78 is 0. The minimum atomic E-state index is 0.0568. The first kappa shape index (κ1) is 23.6. The topological polar surface area (TPSA) is 110 Å². The summed E-state index contributed by atoms with van der Waals surface area (Å²) in [5, 5.41) is 5.74. The minimum Gasteiger partial charge on any atom is -0.356 e. The van der Waals surface area contributed by atoms with E-state index in [1.54, 1.807) is 0 Å². The molecule has 0 aromatic heterocycles. The van der Waals surface area contributed by atoms with Crippen molar-refractivity contribution in [3.05, 3.63) is 0 Å². The monoisotopic (exact) mass is 378 g/mol. The van der Waals surface area contributed by atoms with E-state index in [1.807, 2.05) is 21.6 Å². The molecule has 0 spiro atoms. The molecular weight excluding hydrogens is 344 g/mol. The molecule has 0 saturated carbocycles. The Morgan fingerprint density at radius 1 is 0.667 bits per heavy atom. The van der Waals surface area contributed by atoms with Gasteiger partial charge in [0.05, 0.1) is 0 Å². The lowest BCUT2D eigenvalue weighted by atomic mass is 10.2. The van der Waals surface area contributed by atoms with Gasteiger partial charge in [0.15, 0.2) is 0 Å². The maximum atomic E-state index is 11.2. The molecule has 0 atom stereocenters. The molecule has 0 unspecified atom stereocenters. The highest BCUT2D eigenvalue weighted by molar-refractivity contribution is 8.76. The minimum absolute atomic E-state index is 0.0568. The molecule has 0 aliphatic rings. The van der Waals surface area contributed by atoms with Crippen molar-refractivity contribution in [2.75, 3.05) is 37.7 Å². The van der Waals surface area contributed by atoms with Crippen LogP contribution in [0.5, 0.6) is 0 Å². The van der Waals surface area contributed by atoms with Crippen LogP contribution in [0.1, 0.15) is 51.4 Å². The summed E-state index contributed by atoms with van der Waals surface area (Å²) in [6.45, 7) is 2.36. The van der Waals surface area contributed by atoms with Crippen molar-refractivity contribution >= 4 is 33.4 Å². The Kier molecular flexibility index (Phi) is 18.5. The van der Waals surface area contributed by atoms with Gasteiger partial charge in [-0.2, -0.15) is 0 Å². The zero-order valence-corrected chi connectivity index (χ0v) is 16.3. The van der Waals surface area contributed by atoms with Crippen molar-refractivity contribution in [1.29, 1.82) is 0 Å². The summed E-state index contributed by atoms with van der Waals surface area (Å²) in [7, 11) is 3.86. The summed E-state index contributed by atoms with van der Waals surface area (Å²) in [5.74, 6) is 2.44. The van der Waals surface area contributed by atoms with E-state index in [-0.39, 0.29) is 11.8 Å². The summed E-state index contributed by atoms with van der Waals surface area (Å²) in [6.07, 6.45) is 7.61. The van der Waals surface area contributed by atoms with Gasteiger partial charge in [0, 0.05) is 50.5 Å². The van der Waals surface area contributed by atoms with E-state index < -0.39 is 0 Å². The van der Waals surface area contributed by atoms with E-state index in [0.717, 1.165) is 50.3 Å². The third-order valence-electron chi connectivity index (χ3n) is 3.28. The number of hydrogen-bond donors (Lipinski definition) is 4. The quantitative estimate of drug-likeness (QED) is 0.226. The average molecular weight is 379 g/mol. The summed E-state index contributed by atoms with van der Waals surface area (Å²) in [6, 6.07) is 0. The van der Waals surface area contributed by atoms with Crippen LogP contribution in [-0.2, 0) is 9.59 Å². The lowest BCUT2D eigenvalue weighted by Crippen LogP contribution is -2.26. The third-order valence-corrected chi connectivity index (χ3v) is 5.86. The van der Waals surface area contributed by atoms with Gasteiger partial charge in [-0.05, 0) is 25.7 Å². The summed E-state index contributed by atoms with van der Waals surface area (Å²) in [5.41, 5.74) is 10.6. The second-order valence-electron chi connectivity index (χ2n) is 5.54. The first-order valence-electron chi connectivity index (χ1n) is 8.88. The average Bonchev–Trinajstić information content (AvgIpc) is 2.55. The molecule has 0 bridgehead atoms. The number of unbranched alkanes of at least 4 members (excludes halogenated alkanes) is 4. The van der Waals surface area contributed by atoms with Crippen LogP contribution in [0.25, 0.3) is 0 Å². The molecule has 142 valence electrons. The van der Waals surface area contributed by atoms with Crippen molar-refractivity contribution in [2.45, 2.75) is 51.4 Å². The number of hydrogen-bond acceptors (Lipinski definition) is 6. The number of nitrogens with two attached hydrogens (primary N) is 2. The van der Waals surface area contributed by atoms with Gasteiger partial charge in [0.1, 0.15) is 0 Å². The van der Waals surface area contributed by atoms with Gasteiger partial charge in [-0.15, -0.1) is 0 Å². The Balaban J connectivity index is 3.10. The fourth-order valence-corrected chi connectivity index (χ4v) is 4.23. The predicted molar refractivity (Wildman–Crippen MR) is 106 cm³/mol. The molecule has 0 aromatic rings. The highest BCUT2D eigenvalue weighted by Crippen LogP contribution is 2.24. The molecule has 6 N–H and O–H groups in total. The van der Waals surface area contributed by atoms with Crippen LogP contribution in [-0.4, -0.2) is 49.5 Å². The van der Waals surface area contributed by atoms with Crippen molar-refractivity contribution in [3.63, 3.8) is 0 Å². The fourth-order valence-electron chi connectivity index (χ4n) is 1.94. The molecule has 0 aliphatic heterocycles. The smallest absolute Gasteiger partial charge is 0.221 e. The number of rotatable bonds is 17. The molecular formula is C16H34N4O2S2. The first-order valence-corrected chi connectivity index (χ1v) is 11.4. The summed E-state index contributed by atoms with van der Waals surface area (Å²) in [4.78, 5) is 22.4. The van der Waals surface area contributed by atoms with Gasteiger partial charge in [0.2, 0.25) is 11.8 Å². The highest BCUT2D eigenvalue weighted by Gasteiger charge is 1.99. The summed E-state index contributed by atoms with van der Waals surface area (Å²) >= 11 is 0. The zero-order chi connectivity index (χ0) is 17.9. The third kappa shape index (κ3) is 17.9. The van der Waals surface area contributed by atoms with E-state index in [9.17, 15) is 9.59 Å². The van der Waals surface area contributed by atoms with E-state index in [1.165, 1.54) is 12.8 Å². The van der Waals surface area contributed by atoms with Gasteiger partial charge in [-0.25, -0.2) is 0 Å². The van der Waals surface area contributed by atoms with Crippen LogP contribution in [0.2, 0.25) is 0 Å². The largest absolute Gasteiger partial charge is 0.356 e. The van der Waals surface area contributed by atoms with Gasteiger partial charge in [-0.1, -0.05) is 34.4 Å². The van der Waals surface area contributed by atoms with Crippen LogP contribution >= 0.6 is 21.6 Å². The molecule has 24 heavy (non-hydrogen) atoms. The molecule has 0 heterocycles. The van der Waals surface area contributed by atoms with Crippen LogP contribution in [0.15, 0.2) is 0 Å². The van der Waals surface area contributed by atoms with Crippen LogP contribution in [0.3, 0.4) is 0 Å². The molecule has 0 saturated heterocycles. The van der Waals surface area contributed by atoms with E-state index in [2.05, 4.69) is 10.6 Å². The Morgan fingerprint density at radius 2 is 1.08 bits per heavy atom. The highest BCUT2D eigenvalue weighted by atomic mass is 33.1. The number of amides is 2. The lowest BCUT2D eigenvalue weighted by Gasteiger charge is -2.05. The molecule has 0 radical (unpaired) electrons. The van der Waals surface area contributed by atoms with Gasteiger partial charge in [-0.3, -0.25) is 9.59 Å². The standard InChI is InChI=1S/C16H34N4O2S2/c17-9-7-15(21)19-11-3-1-5-13-23-24-14-6-2-4-12-20-16(22)8-10-18/h1-14,17-18H2,(H,19,21)(H,20,22). The van der Waals surface area contributed by atoms with Crippen LogP contribution in [0.4, 0.5) is 0 Å². The zero-order valence-electron chi connectivity index (χ0n) is 14.7. The number of carbonyl (C=O) groups excluding carboxylic acids is 2. The van der Waals surface area contributed by atoms with E-state index >= 15 is 0 Å². The molecule has 0 rings (SSSR count).